The molecule has 0 saturated carbocycles. The van der Waals surface area contributed by atoms with E-state index in [2.05, 4.69) is 5.32 Å². The number of hydrogen-bond acceptors (Lipinski definition) is 3. The molecule has 2 rings (SSSR count). The van der Waals surface area contributed by atoms with Crippen molar-refractivity contribution in [3.8, 4) is 5.75 Å². The molecule has 0 bridgehead atoms. The first-order chi connectivity index (χ1) is 8.69. The molecule has 0 aliphatic carbocycles. The van der Waals surface area contributed by atoms with Crippen LogP contribution >= 0.6 is 0 Å². The summed E-state index contributed by atoms with van der Waals surface area (Å²) in [6, 6.07) is 6.18. The van der Waals surface area contributed by atoms with E-state index in [0.717, 1.165) is 11.3 Å². The molecule has 18 heavy (non-hydrogen) atoms. The van der Waals surface area contributed by atoms with Gasteiger partial charge < -0.3 is 10.1 Å². The van der Waals surface area contributed by atoms with Crippen LogP contribution in [0, 0.1) is 0 Å². The average molecular weight is 248 g/mol. The fraction of sp³-hybridized carbons (Fsp3) is 0.385. The van der Waals surface area contributed by atoms with Crippen molar-refractivity contribution < 1.29 is 14.3 Å². The highest BCUT2D eigenvalue weighted by Crippen LogP contribution is 2.30. The molecule has 5 nitrogen and oxygen atoms in total. The Bertz CT molecular complexity index is 473. The van der Waals surface area contributed by atoms with Gasteiger partial charge in [-0.2, -0.15) is 0 Å². The summed E-state index contributed by atoms with van der Waals surface area (Å²) in [4.78, 5) is 25.2. The number of rotatable bonds is 4. The fourth-order valence-electron chi connectivity index (χ4n) is 2.06. The standard InChI is InChI=1S/C13H16N2O3/c1-3-6-9-12(16)15(13(17)14-9)10-7-4-5-8-11(10)18-2/h4-5,7-9H,3,6H2,1-2H3,(H,14,17). The lowest BCUT2D eigenvalue weighted by atomic mass is 10.1. The van der Waals surface area contributed by atoms with Crippen LogP contribution in [0.3, 0.4) is 0 Å². The third-order valence-corrected chi connectivity index (χ3v) is 2.92. The predicted octanol–water partition coefficient (Wildman–Crippen LogP) is 1.92. The van der Waals surface area contributed by atoms with Gasteiger partial charge in [0.1, 0.15) is 11.8 Å². The summed E-state index contributed by atoms with van der Waals surface area (Å²) in [5.74, 6) is 0.296. The lowest BCUT2D eigenvalue weighted by Gasteiger charge is -2.16. The lowest BCUT2D eigenvalue weighted by molar-refractivity contribution is -0.118. The second-order valence-corrected chi connectivity index (χ2v) is 4.14. The number of carbonyl (C=O) groups excluding carboxylic acids is 2. The molecule has 0 radical (unpaired) electrons. The fourth-order valence-corrected chi connectivity index (χ4v) is 2.06. The lowest BCUT2D eigenvalue weighted by Crippen LogP contribution is -2.31. The number of imide groups is 1. The Kier molecular flexibility index (Phi) is 3.50. The van der Waals surface area contributed by atoms with Gasteiger partial charge in [-0.05, 0) is 18.6 Å². The molecule has 1 aliphatic heterocycles. The number of carbonyl (C=O) groups is 2. The summed E-state index contributed by atoms with van der Waals surface area (Å²) in [6.45, 7) is 1.98. The van der Waals surface area contributed by atoms with Crippen molar-refractivity contribution >= 4 is 17.6 Å². The van der Waals surface area contributed by atoms with Crippen molar-refractivity contribution in [2.24, 2.45) is 0 Å². The van der Waals surface area contributed by atoms with E-state index < -0.39 is 6.04 Å². The molecule has 1 aromatic rings. The molecule has 96 valence electrons. The molecule has 5 heteroatoms. The van der Waals surface area contributed by atoms with Gasteiger partial charge in [-0.3, -0.25) is 4.79 Å². The van der Waals surface area contributed by atoms with E-state index in [9.17, 15) is 9.59 Å². The molecule has 1 atom stereocenters. The molecule has 1 fully saturated rings. The van der Waals surface area contributed by atoms with Gasteiger partial charge in [-0.1, -0.05) is 25.5 Å². The van der Waals surface area contributed by atoms with Gasteiger partial charge >= 0.3 is 6.03 Å². The smallest absolute Gasteiger partial charge is 0.329 e. The first-order valence-corrected chi connectivity index (χ1v) is 5.96. The molecule has 0 aromatic heterocycles. The summed E-state index contributed by atoms with van der Waals surface area (Å²) in [6.07, 6.45) is 1.49. The molecule has 1 aromatic carbocycles. The first-order valence-electron chi connectivity index (χ1n) is 5.96. The average Bonchev–Trinajstić information content (AvgIpc) is 2.65. The van der Waals surface area contributed by atoms with Crippen LogP contribution in [0.4, 0.5) is 10.5 Å². The van der Waals surface area contributed by atoms with Crippen LogP contribution in [-0.4, -0.2) is 25.1 Å². The molecule has 3 amide bonds. The molecule has 1 N–H and O–H groups in total. The molecular formula is C13H16N2O3. The van der Waals surface area contributed by atoms with Crippen molar-refractivity contribution in [1.82, 2.24) is 5.32 Å². The van der Waals surface area contributed by atoms with Crippen molar-refractivity contribution in [1.29, 1.82) is 0 Å². The second kappa shape index (κ2) is 5.08. The Morgan fingerprint density at radius 2 is 2.06 bits per heavy atom. The van der Waals surface area contributed by atoms with E-state index in [1.165, 1.54) is 7.11 Å². The van der Waals surface area contributed by atoms with Crippen LogP contribution in [0.1, 0.15) is 19.8 Å². The number of hydrogen-bond donors (Lipinski definition) is 1. The second-order valence-electron chi connectivity index (χ2n) is 4.14. The number of anilines is 1. The van der Waals surface area contributed by atoms with Gasteiger partial charge in [0.2, 0.25) is 0 Å². The number of amides is 3. The zero-order chi connectivity index (χ0) is 13.1. The molecular weight excluding hydrogens is 232 g/mol. The summed E-state index contributed by atoms with van der Waals surface area (Å²) >= 11 is 0. The summed E-state index contributed by atoms with van der Waals surface area (Å²) in [5, 5.41) is 2.69. The predicted molar refractivity (Wildman–Crippen MR) is 67.7 cm³/mol. The van der Waals surface area contributed by atoms with Gasteiger partial charge in [-0.15, -0.1) is 0 Å². The SMILES string of the molecule is CCCC1NC(=O)N(c2ccccc2OC)C1=O. The zero-order valence-corrected chi connectivity index (χ0v) is 10.5. The van der Waals surface area contributed by atoms with Crippen molar-refractivity contribution in [2.75, 3.05) is 12.0 Å². The number of nitrogens with one attached hydrogen (secondary N) is 1. The Hall–Kier alpha value is -2.04. The van der Waals surface area contributed by atoms with Crippen LogP contribution in [-0.2, 0) is 4.79 Å². The Labute approximate surface area is 106 Å². The minimum Gasteiger partial charge on any atom is -0.495 e. The summed E-state index contributed by atoms with van der Waals surface area (Å²) < 4.78 is 5.18. The maximum absolute atomic E-state index is 12.2. The van der Waals surface area contributed by atoms with Crippen LogP contribution < -0.4 is 15.0 Å². The van der Waals surface area contributed by atoms with E-state index in [0.29, 0.717) is 17.9 Å². The number of para-hydroxylation sites is 2. The van der Waals surface area contributed by atoms with Crippen molar-refractivity contribution in [3.63, 3.8) is 0 Å². The monoisotopic (exact) mass is 248 g/mol. The number of benzene rings is 1. The van der Waals surface area contributed by atoms with Crippen LogP contribution in [0.5, 0.6) is 5.75 Å². The maximum atomic E-state index is 12.2. The minimum absolute atomic E-state index is 0.216. The number of ether oxygens (including phenoxy) is 1. The third kappa shape index (κ3) is 2.03. The van der Waals surface area contributed by atoms with E-state index in [-0.39, 0.29) is 11.9 Å². The largest absolute Gasteiger partial charge is 0.495 e. The molecule has 1 aliphatic rings. The van der Waals surface area contributed by atoms with Crippen LogP contribution in [0.25, 0.3) is 0 Å². The zero-order valence-electron chi connectivity index (χ0n) is 10.5. The molecule has 1 heterocycles. The highest BCUT2D eigenvalue weighted by molar-refractivity contribution is 6.22. The van der Waals surface area contributed by atoms with E-state index in [4.69, 9.17) is 4.74 Å². The Morgan fingerprint density at radius 3 is 2.72 bits per heavy atom. The van der Waals surface area contributed by atoms with Crippen molar-refractivity contribution in [2.45, 2.75) is 25.8 Å². The first kappa shape index (κ1) is 12.4. The molecule has 1 unspecified atom stereocenters. The number of methoxy groups -OCH3 is 1. The highest BCUT2D eigenvalue weighted by atomic mass is 16.5. The normalized spacial score (nSPS) is 19.0. The maximum Gasteiger partial charge on any atom is 0.329 e. The number of nitrogens with zero attached hydrogens (tertiary/aromatic N) is 1. The minimum atomic E-state index is -0.424. The quantitative estimate of drug-likeness (QED) is 0.828. The molecule has 1 saturated heterocycles. The Balaban J connectivity index is 2.33. The van der Waals surface area contributed by atoms with Gasteiger partial charge in [0.15, 0.2) is 0 Å². The summed E-state index contributed by atoms with van der Waals surface area (Å²) in [7, 11) is 1.51. The molecule has 0 spiro atoms. The van der Waals surface area contributed by atoms with Gasteiger partial charge in [0.25, 0.3) is 5.91 Å². The van der Waals surface area contributed by atoms with E-state index in [1.54, 1.807) is 24.3 Å². The third-order valence-electron chi connectivity index (χ3n) is 2.92. The van der Waals surface area contributed by atoms with E-state index in [1.807, 2.05) is 6.92 Å². The van der Waals surface area contributed by atoms with Crippen molar-refractivity contribution in [3.05, 3.63) is 24.3 Å². The van der Waals surface area contributed by atoms with Gasteiger partial charge in [0.05, 0.1) is 12.8 Å². The topological polar surface area (TPSA) is 58.6 Å². The van der Waals surface area contributed by atoms with Crippen LogP contribution in [0.2, 0.25) is 0 Å². The van der Waals surface area contributed by atoms with Gasteiger partial charge in [-0.25, -0.2) is 9.69 Å². The van der Waals surface area contributed by atoms with E-state index >= 15 is 0 Å². The highest BCUT2D eigenvalue weighted by Gasteiger charge is 2.39. The summed E-state index contributed by atoms with van der Waals surface area (Å²) in [5.41, 5.74) is 0.487. The Morgan fingerprint density at radius 1 is 1.33 bits per heavy atom. The van der Waals surface area contributed by atoms with Crippen LogP contribution in [0.15, 0.2) is 24.3 Å². The van der Waals surface area contributed by atoms with Gasteiger partial charge in [0, 0.05) is 0 Å². The number of urea groups is 1.